The highest BCUT2D eigenvalue weighted by atomic mass is 19.4. The van der Waals surface area contributed by atoms with Crippen LogP contribution in [0.15, 0.2) is 30.3 Å². The Labute approximate surface area is 232 Å². The predicted octanol–water partition coefficient (Wildman–Crippen LogP) is 7.20. The van der Waals surface area contributed by atoms with Gasteiger partial charge in [-0.2, -0.15) is 26.3 Å². The molecule has 2 atom stereocenters. The number of fused-ring (bicyclic) bond motifs is 1. The van der Waals surface area contributed by atoms with Gasteiger partial charge < -0.3 is 18.9 Å². The molecule has 0 spiro atoms. The molecule has 0 fully saturated rings. The molecule has 0 saturated heterocycles. The lowest BCUT2D eigenvalue weighted by atomic mass is 9.90. The van der Waals surface area contributed by atoms with E-state index in [0.29, 0.717) is 17.7 Å². The maximum Gasteiger partial charge on any atom is 0.416 e. The predicted molar refractivity (Wildman–Crippen MR) is 135 cm³/mol. The summed E-state index contributed by atoms with van der Waals surface area (Å²) in [7, 11) is 2.43. The number of ether oxygens (including phenoxy) is 4. The Morgan fingerprint density at radius 1 is 0.927 bits per heavy atom. The molecule has 0 saturated carbocycles. The van der Waals surface area contributed by atoms with Crippen LogP contribution in [0, 0.1) is 0 Å². The maximum atomic E-state index is 13.5. The normalized spacial score (nSPS) is 17.0. The van der Waals surface area contributed by atoms with Crippen LogP contribution in [-0.4, -0.2) is 50.6 Å². The van der Waals surface area contributed by atoms with Crippen LogP contribution in [-0.2, 0) is 28.4 Å². The smallest absolute Gasteiger partial charge is 0.416 e. The van der Waals surface area contributed by atoms with Crippen LogP contribution in [0.5, 0.6) is 11.5 Å². The summed E-state index contributed by atoms with van der Waals surface area (Å²) in [5.74, 6) is 0.505. The van der Waals surface area contributed by atoms with Crippen LogP contribution < -0.4 is 14.4 Å². The third kappa shape index (κ3) is 6.91. The molecule has 226 valence electrons. The molecule has 0 aliphatic carbocycles. The molecule has 2 unspecified atom stereocenters. The topological polar surface area (TPSA) is 77.5 Å². The van der Waals surface area contributed by atoms with Crippen molar-refractivity contribution in [2.45, 2.75) is 58.2 Å². The highest BCUT2D eigenvalue weighted by molar-refractivity contribution is 5.91. The van der Waals surface area contributed by atoms with Crippen LogP contribution in [0.4, 0.5) is 41.6 Å². The zero-order valence-electron chi connectivity index (χ0n) is 23.0. The largest absolute Gasteiger partial charge is 0.493 e. The number of nitrogens with zero attached hydrogens (tertiary/aromatic N) is 2. The lowest BCUT2D eigenvalue weighted by molar-refractivity contribution is -0.143. The van der Waals surface area contributed by atoms with Crippen molar-refractivity contribution >= 4 is 17.9 Å². The molecule has 1 aliphatic heterocycles. The summed E-state index contributed by atoms with van der Waals surface area (Å²) in [6.45, 7) is 4.64. The Morgan fingerprint density at radius 2 is 1.54 bits per heavy atom. The van der Waals surface area contributed by atoms with E-state index < -0.39 is 59.9 Å². The molecule has 8 nitrogen and oxygen atoms in total. The van der Waals surface area contributed by atoms with Gasteiger partial charge in [0.05, 0.1) is 50.3 Å². The molecule has 0 bridgehead atoms. The number of alkyl halides is 6. The molecule has 0 N–H and O–H groups in total. The molecule has 1 aliphatic rings. The fourth-order valence-electron chi connectivity index (χ4n) is 4.75. The number of halogens is 6. The van der Waals surface area contributed by atoms with Crippen molar-refractivity contribution < 1.29 is 54.9 Å². The summed E-state index contributed by atoms with van der Waals surface area (Å²) < 4.78 is 102. The van der Waals surface area contributed by atoms with Gasteiger partial charge in [-0.25, -0.2) is 9.59 Å². The van der Waals surface area contributed by atoms with Crippen LogP contribution in [0.25, 0.3) is 0 Å². The fraction of sp³-hybridized carbons (Fsp3) is 0.481. The average molecular weight is 593 g/mol. The molecule has 2 aromatic rings. The number of benzene rings is 2. The zero-order chi connectivity index (χ0) is 30.7. The number of hydrogen-bond acceptors (Lipinski definition) is 6. The van der Waals surface area contributed by atoms with Gasteiger partial charge in [-0.05, 0) is 57.0 Å². The molecular weight excluding hydrogens is 562 g/mol. The van der Waals surface area contributed by atoms with Gasteiger partial charge in [-0.1, -0.05) is 0 Å². The molecule has 0 radical (unpaired) electrons. The SMILES string of the molecule is CCOC(=O)N1c2cc(OC)c(OCC)cc2C(N(Cc2cc(C(F)(F)F)cc(C(F)(F)F)c2)C(=O)OC)CC1C. The third-order valence-electron chi connectivity index (χ3n) is 6.49. The first-order chi connectivity index (χ1) is 19.2. The maximum absolute atomic E-state index is 13.5. The first kappa shape index (κ1) is 31.7. The van der Waals surface area contributed by atoms with E-state index in [2.05, 4.69) is 0 Å². The highest BCUT2D eigenvalue weighted by Gasteiger charge is 2.41. The Morgan fingerprint density at radius 3 is 2.02 bits per heavy atom. The van der Waals surface area contributed by atoms with Crippen molar-refractivity contribution in [2.24, 2.45) is 0 Å². The Hall–Kier alpha value is -3.84. The van der Waals surface area contributed by atoms with Gasteiger partial charge in [0, 0.05) is 24.2 Å². The zero-order valence-corrected chi connectivity index (χ0v) is 23.0. The second-order valence-electron chi connectivity index (χ2n) is 9.18. The van der Waals surface area contributed by atoms with E-state index in [1.807, 2.05) is 0 Å². The number of amides is 2. The van der Waals surface area contributed by atoms with Gasteiger partial charge in [-0.15, -0.1) is 0 Å². The minimum atomic E-state index is -5.07. The minimum absolute atomic E-state index is 0.0157. The van der Waals surface area contributed by atoms with E-state index >= 15 is 0 Å². The molecule has 2 amide bonds. The Balaban J connectivity index is 2.22. The lowest BCUT2D eigenvalue weighted by Gasteiger charge is -2.42. The van der Waals surface area contributed by atoms with Gasteiger partial charge >= 0.3 is 24.5 Å². The summed E-state index contributed by atoms with van der Waals surface area (Å²) in [4.78, 5) is 28.3. The standard InChI is InChI=1S/C27H30F6N2O6/c1-6-40-23-12-19-20(8-15(3)35(25(37)41-7-2)21(19)13-22(23)38-4)34(24(36)39-5)14-16-9-17(26(28,29)30)11-18(10-16)27(31,32)33/h9-13,15,20H,6-8,14H2,1-5H3. The van der Waals surface area contributed by atoms with Crippen LogP contribution in [0.2, 0.25) is 0 Å². The number of anilines is 1. The van der Waals surface area contributed by atoms with Gasteiger partial charge in [0.15, 0.2) is 11.5 Å². The van der Waals surface area contributed by atoms with Gasteiger partial charge in [-0.3, -0.25) is 9.80 Å². The van der Waals surface area contributed by atoms with Crippen molar-refractivity contribution in [1.82, 2.24) is 4.90 Å². The first-order valence-electron chi connectivity index (χ1n) is 12.6. The van der Waals surface area contributed by atoms with Crippen molar-refractivity contribution in [3.05, 3.63) is 52.6 Å². The monoisotopic (exact) mass is 592 g/mol. The summed E-state index contributed by atoms with van der Waals surface area (Å²) in [6.07, 6.45) is -11.8. The number of hydrogen-bond donors (Lipinski definition) is 0. The molecular formula is C27H30F6N2O6. The van der Waals surface area contributed by atoms with Crippen molar-refractivity contribution in [2.75, 3.05) is 32.3 Å². The van der Waals surface area contributed by atoms with E-state index in [0.717, 1.165) is 12.0 Å². The number of carbonyl (C=O) groups excluding carboxylic acids is 2. The lowest BCUT2D eigenvalue weighted by Crippen LogP contribution is -2.47. The minimum Gasteiger partial charge on any atom is -0.493 e. The molecule has 0 aromatic heterocycles. The van der Waals surface area contributed by atoms with Crippen LogP contribution >= 0.6 is 0 Å². The van der Waals surface area contributed by atoms with E-state index in [9.17, 15) is 35.9 Å². The Kier molecular flexibility index (Phi) is 9.54. The number of methoxy groups -OCH3 is 2. The van der Waals surface area contributed by atoms with Crippen molar-refractivity contribution in [3.8, 4) is 11.5 Å². The second-order valence-corrected chi connectivity index (χ2v) is 9.18. The first-order valence-corrected chi connectivity index (χ1v) is 12.6. The van der Waals surface area contributed by atoms with Gasteiger partial charge in [0.25, 0.3) is 0 Å². The third-order valence-corrected chi connectivity index (χ3v) is 6.49. The van der Waals surface area contributed by atoms with Crippen molar-refractivity contribution in [1.29, 1.82) is 0 Å². The van der Waals surface area contributed by atoms with Gasteiger partial charge in [0.1, 0.15) is 0 Å². The average Bonchev–Trinajstić information content (AvgIpc) is 2.89. The van der Waals surface area contributed by atoms with Crippen molar-refractivity contribution in [3.63, 3.8) is 0 Å². The summed E-state index contributed by atoms with van der Waals surface area (Å²) in [6, 6.07) is 2.58. The number of rotatable bonds is 7. The second kappa shape index (κ2) is 12.4. The quantitative estimate of drug-likeness (QED) is 0.317. The van der Waals surface area contributed by atoms with E-state index in [1.165, 1.54) is 24.1 Å². The van der Waals surface area contributed by atoms with Gasteiger partial charge in [0.2, 0.25) is 0 Å². The Bertz CT molecular complexity index is 1230. The molecule has 2 aromatic carbocycles. The van der Waals surface area contributed by atoms with E-state index in [1.54, 1.807) is 20.8 Å². The van der Waals surface area contributed by atoms with E-state index in [-0.39, 0.29) is 42.9 Å². The van der Waals surface area contributed by atoms with Crippen LogP contribution in [0.1, 0.15) is 55.5 Å². The molecule has 1 heterocycles. The fourth-order valence-corrected chi connectivity index (χ4v) is 4.75. The molecule has 3 rings (SSSR count). The molecule has 14 heteroatoms. The molecule has 41 heavy (non-hydrogen) atoms. The van der Waals surface area contributed by atoms with Crippen LogP contribution in [0.3, 0.4) is 0 Å². The van der Waals surface area contributed by atoms with E-state index in [4.69, 9.17) is 18.9 Å². The summed E-state index contributed by atoms with van der Waals surface area (Å²) in [5, 5.41) is 0. The highest BCUT2D eigenvalue weighted by Crippen LogP contribution is 2.47. The summed E-state index contributed by atoms with van der Waals surface area (Å²) >= 11 is 0. The number of carbonyl (C=O) groups is 2. The summed E-state index contributed by atoms with van der Waals surface area (Å²) in [5.41, 5.74) is -2.85.